The van der Waals surface area contributed by atoms with Crippen LogP contribution in [0.5, 0.6) is 0 Å². The van der Waals surface area contributed by atoms with Gasteiger partial charge in [-0.05, 0) is 20.4 Å². The third-order valence-corrected chi connectivity index (χ3v) is 5.91. The van der Waals surface area contributed by atoms with Crippen molar-refractivity contribution in [2.24, 2.45) is 11.8 Å². The van der Waals surface area contributed by atoms with E-state index >= 15 is 0 Å². The Morgan fingerprint density at radius 1 is 0.448 bits per heavy atom. The fourth-order valence-electron chi connectivity index (χ4n) is 2.95. The summed E-state index contributed by atoms with van der Waals surface area (Å²) in [6, 6.07) is 0. The molecule has 2 atom stereocenters. The van der Waals surface area contributed by atoms with Crippen molar-refractivity contribution in [2.45, 2.75) is 126 Å². The first-order valence-corrected chi connectivity index (χ1v) is 16.7. The van der Waals surface area contributed by atoms with Crippen LogP contribution in [-0.4, -0.2) is 146 Å². The first-order valence-electron chi connectivity index (χ1n) is 16.7. The van der Waals surface area contributed by atoms with Crippen molar-refractivity contribution in [3.63, 3.8) is 0 Å². The van der Waals surface area contributed by atoms with E-state index in [2.05, 4.69) is 42.7 Å². The number of hydrogen-bond acceptors (Lipinski definition) is 19. The summed E-state index contributed by atoms with van der Waals surface area (Å²) in [5.41, 5.74) is 0. The normalized spacial score (nSPS) is 9.96. The lowest BCUT2D eigenvalue weighted by atomic mass is 10.2. The van der Waals surface area contributed by atoms with E-state index in [0.29, 0.717) is 0 Å². The molecule has 23 nitrogen and oxygen atoms in total. The molecule has 0 bridgehead atoms. The Kier molecular flexibility index (Phi) is 89.1. The standard InChI is InChI=1S/C30H44O23.2C2H4.10CH4/c1-18(27(37)38)29(41)52-49-16-21(17-50-53-30(42)19(2)28(39)40)46-13-12-45-20(3)51-22(14-43-8-10-47-25(35)6-4-23(31)32)15-44-9-11-48-26(36)7-5-24(33)34;2*1-2;;;;;;;;;;/h18-19,21-22H,3-17H2,1-2H3,(H,31,32)(H,33,34)(H,37,38)(H,39,40);2*1-2H2;10*1H4. The van der Waals surface area contributed by atoms with Crippen LogP contribution in [0.4, 0.5) is 0 Å². The molecule has 4 N–H and O–H groups in total. The third kappa shape index (κ3) is 58.4. The van der Waals surface area contributed by atoms with Crippen LogP contribution in [0.15, 0.2) is 38.8 Å². The summed E-state index contributed by atoms with van der Waals surface area (Å²) in [5.74, 6) is -12.6. The van der Waals surface area contributed by atoms with Gasteiger partial charge in [0.2, 0.25) is 0 Å². The van der Waals surface area contributed by atoms with Gasteiger partial charge in [0.1, 0.15) is 45.2 Å². The second kappa shape index (κ2) is 62.5. The fraction of sp³-hybridized carbons (Fsp3) is 0.682. The van der Waals surface area contributed by atoms with Crippen molar-refractivity contribution < 1.29 is 111 Å². The molecular weight excluding hydrogens is 896 g/mol. The quantitative estimate of drug-likeness (QED) is 0.00943. The molecule has 2 unspecified atom stereocenters. The van der Waals surface area contributed by atoms with Gasteiger partial charge < -0.3 is 53.6 Å². The minimum Gasteiger partial charge on any atom is -0.481 e. The van der Waals surface area contributed by atoms with Crippen molar-refractivity contribution in [3.8, 4) is 0 Å². The fourth-order valence-corrected chi connectivity index (χ4v) is 2.95. The Morgan fingerprint density at radius 3 is 1.09 bits per heavy atom. The summed E-state index contributed by atoms with van der Waals surface area (Å²) in [6.45, 7) is 15.1. The van der Waals surface area contributed by atoms with E-state index in [1.165, 1.54) is 0 Å². The van der Waals surface area contributed by atoms with E-state index in [1.54, 1.807) is 0 Å². The Hall–Kier alpha value is -5.62. The van der Waals surface area contributed by atoms with Gasteiger partial charge in [0.25, 0.3) is 5.95 Å². The molecule has 0 saturated heterocycles. The number of carbonyl (C=O) groups excluding carboxylic acids is 4. The Bertz CT molecular complexity index is 1160. The van der Waals surface area contributed by atoms with E-state index in [-0.39, 0.29) is 146 Å². The maximum absolute atomic E-state index is 11.7. The topological polar surface area (TPSA) is 319 Å². The lowest BCUT2D eigenvalue weighted by Gasteiger charge is -2.21. The highest BCUT2D eigenvalue weighted by Gasteiger charge is 2.26. The van der Waals surface area contributed by atoms with Crippen molar-refractivity contribution >= 4 is 47.8 Å². The molecule has 23 heteroatoms. The number of carboxylic acids is 4. The molecule has 0 radical (unpaired) electrons. The molecular formula is C44H92O23. The van der Waals surface area contributed by atoms with E-state index < -0.39 is 97.9 Å². The minimum absolute atomic E-state index is 0. The lowest BCUT2D eigenvalue weighted by Crippen LogP contribution is -2.31. The molecule has 0 fully saturated rings. The maximum Gasteiger partial charge on any atom is 0.356 e. The van der Waals surface area contributed by atoms with Gasteiger partial charge in [-0.3, -0.25) is 38.5 Å². The smallest absolute Gasteiger partial charge is 0.356 e. The number of carboxylic acid groups (broad SMARTS) is 4. The molecule has 0 heterocycles. The van der Waals surface area contributed by atoms with Crippen molar-refractivity contribution in [1.82, 2.24) is 0 Å². The zero-order valence-corrected chi connectivity index (χ0v) is 31.8. The molecule has 0 aliphatic rings. The summed E-state index contributed by atoms with van der Waals surface area (Å²) in [4.78, 5) is 108. The van der Waals surface area contributed by atoms with Crippen molar-refractivity contribution in [2.75, 3.05) is 66.1 Å². The van der Waals surface area contributed by atoms with Crippen LogP contribution in [0.1, 0.15) is 114 Å². The second-order valence-electron chi connectivity index (χ2n) is 10.3. The average molecular weight is 989 g/mol. The molecule has 0 saturated carbocycles. The maximum atomic E-state index is 11.7. The lowest BCUT2D eigenvalue weighted by molar-refractivity contribution is -0.311. The SMILES string of the molecule is C.C.C.C.C.C.C.C.C.C.C=C.C=C.C=C(OCCOC(COOC(=O)C(C)C(=O)O)COOC(=O)C(C)C(=O)O)OC(COCCOC(=O)CCC(=O)O)COCCOC(=O)CCC(=O)O. The van der Waals surface area contributed by atoms with Gasteiger partial charge in [-0.1, -0.05) is 74.3 Å². The van der Waals surface area contributed by atoms with Crippen LogP contribution < -0.4 is 0 Å². The number of aliphatic carboxylic acids is 4. The number of ether oxygens (including phenoxy) is 7. The summed E-state index contributed by atoms with van der Waals surface area (Å²) >= 11 is 0. The van der Waals surface area contributed by atoms with Gasteiger partial charge in [0.05, 0.1) is 58.7 Å². The van der Waals surface area contributed by atoms with Crippen molar-refractivity contribution in [3.05, 3.63) is 38.8 Å². The first-order chi connectivity index (χ1) is 27.0. The van der Waals surface area contributed by atoms with Crippen LogP contribution in [0.25, 0.3) is 0 Å². The summed E-state index contributed by atoms with van der Waals surface area (Å²) in [5, 5.41) is 35.0. The highest BCUT2D eigenvalue weighted by molar-refractivity contribution is 5.93. The zero-order chi connectivity index (χ0) is 44.2. The van der Waals surface area contributed by atoms with Crippen LogP contribution in [0.2, 0.25) is 0 Å². The molecule has 406 valence electrons. The number of hydrogen-bond donors (Lipinski definition) is 4. The van der Waals surface area contributed by atoms with E-state index in [1.807, 2.05) is 0 Å². The predicted octanol–water partition coefficient (Wildman–Crippen LogP) is 7.45. The van der Waals surface area contributed by atoms with Crippen LogP contribution >= 0.6 is 0 Å². The molecule has 0 aromatic carbocycles. The third-order valence-electron chi connectivity index (χ3n) is 5.91. The summed E-state index contributed by atoms with van der Waals surface area (Å²) in [6.07, 6.45) is -3.49. The largest absolute Gasteiger partial charge is 0.481 e. The Morgan fingerprint density at radius 2 is 0.776 bits per heavy atom. The minimum atomic E-state index is -1.55. The van der Waals surface area contributed by atoms with E-state index in [9.17, 15) is 38.4 Å². The van der Waals surface area contributed by atoms with Crippen molar-refractivity contribution in [1.29, 1.82) is 0 Å². The van der Waals surface area contributed by atoms with Gasteiger partial charge in [0.15, 0.2) is 11.8 Å². The number of rotatable bonds is 33. The number of carbonyl (C=O) groups is 8. The molecule has 0 aromatic heterocycles. The second-order valence-corrected chi connectivity index (χ2v) is 10.3. The Balaban J connectivity index is -0.000000184. The molecule has 0 spiro atoms. The van der Waals surface area contributed by atoms with Crippen LogP contribution in [-0.2, 0) is 91.1 Å². The van der Waals surface area contributed by atoms with Crippen LogP contribution in [0, 0.1) is 11.8 Å². The van der Waals surface area contributed by atoms with Gasteiger partial charge in [-0.2, -0.15) is 9.78 Å². The number of esters is 2. The van der Waals surface area contributed by atoms with E-state index in [4.69, 9.17) is 63.4 Å². The highest BCUT2D eigenvalue weighted by atomic mass is 17.2. The molecule has 0 rings (SSSR count). The Labute approximate surface area is 401 Å². The first kappa shape index (κ1) is 95.6. The molecule has 0 aliphatic carbocycles. The molecule has 0 aromatic rings. The molecule has 0 amide bonds. The molecule has 0 aliphatic heterocycles. The van der Waals surface area contributed by atoms with Crippen LogP contribution in [0.3, 0.4) is 0 Å². The molecule has 67 heavy (non-hydrogen) atoms. The highest BCUT2D eigenvalue weighted by Crippen LogP contribution is 2.08. The van der Waals surface area contributed by atoms with Gasteiger partial charge in [0, 0.05) is 0 Å². The summed E-state index contributed by atoms with van der Waals surface area (Å²) in [7, 11) is 0. The van der Waals surface area contributed by atoms with E-state index in [0.717, 1.165) is 13.8 Å². The van der Waals surface area contributed by atoms with Gasteiger partial charge in [-0.15, -0.1) is 26.3 Å². The average Bonchev–Trinajstić information content (AvgIpc) is 3.17. The summed E-state index contributed by atoms with van der Waals surface area (Å²) < 4.78 is 37.0. The zero-order valence-electron chi connectivity index (χ0n) is 31.8. The monoisotopic (exact) mass is 989 g/mol. The van der Waals surface area contributed by atoms with Gasteiger partial charge in [-0.25, -0.2) is 9.59 Å². The van der Waals surface area contributed by atoms with Gasteiger partial charge >= 0.3 is 47.8 Å². The predicted molar refractivity (Wildman–Crippen MR) is 255 cm³/mol.